The van der Waals surface area contributed by atoms with Crippen LogP contribution in [0.1, 0.15) is 45.4 Å². The molecule has 3 aromatic carbocycles. The van der Waals surface area contributed by atoms with Crippen molar-refractivity contribution in [1.29, 1.82) is 0 Å². The maximum atomic E-state index is 12.2. The molecule has 28 heavy (non-hydrogen) atoms. The monoisotopic (exact) mass is 369 g/mol. The zero-order chi connectivity index (χ0) is 19.3. The lowest BCUT2D eigenvalue weighted by molar-refractivity contribution is 0.0600. The zero-order valence-corrected chi connectivity index (χ0v) is 16.1. The van der Waals surface area contributed by atoms with Crippen molar-refractivity contribution in [2.75, 3.05) is 12.4 Å². The Morgan fingerprint density at radius 2 is 1.86 bits per heavy atom. The molecule has 1 heterocycles. The lowest BCUT2D eigenvalue weighted by Gasteiger charge is -2.39. The second-order valence-corrected chi connectivity index (χ2v) is 7.74. The van der Waals surface area contributed by atoms with E-state index >= 15 is 0 Å². The minimum absolute atomic E-state index is 0.199. The van der Waals surface area contributed by atoms with E-state index < -0.39 is 0 Å². The molecule has 0 amide bonds. The second kappa shape index (κ2) is 6.52. The Balaban J connectivity index is 1.68. The average molecular weight is 369 g/mol. The average Bonchev–Trinajstić information content (AvgIpc) is 3.23. The highest BCUT2D eigenvalue weighted by Gasteiger charge is 2.39. The predicted octanol–water partition coefficient (Wildman–Crippen LogP) is 5.76. The van der Waals surface area contributed by atoms with E-state index in [1.807, 2.05) is 13.0 Å². The van der Waals surface area contributed by atoms with Crippen LogP contribution in [-0.2, 0) is 4.74 Å². The van der Waals surface area contributed by atoms with Crippen LogP contribution in [0.3, 0.4) is 0 Å². The molecule has 0 aromatic heterocycles. The standard InChI is InChI=1S/C25H23NO2/c1-15-17(25(27)28-2)13-14-22-19-10-6-12-21(19)24(26-23(15)22)20-11-5-8-16-7-3-4-9-18(16)20/h3-11,13-14,19,21,24,26H,12H2,1-2H3/t19-,21+,24-/m1/s1. The number of nitrogens with one attached hydrogen (secondary N) is 1. The Kier molecular flexibility index (Phi) is 3.97. The van der Waals surface area contributed by atoms with Gasteiger partial charge in [0.05, 0.1) is 18.7 Å². The van der Waals surface area contributed by atoms with Gasteiger partial charge in [0.1, 0.15) is 0 Å². The molecule has 0 fully saturated rings. The van der Waals surface area contributed by atoms with Crippen molar-refractivity contribution in [3.63, 3.8) is 0 Å². The first kappa shape index (κ1) is 17.1. The zero-order valence-electron chi connectivity index (χ0n) is 16.1. The fourth-order valence-corrected chi connectivity index (χ4v) is 4.98. The van der Waals surface area contributed by atoms with Gasteiger partial charge < -0.3 is 10.1 Å². The molecule has 3 atom stereocenters. The first-order valence-corrected chi connectivity index (χ1v) is 9.81. The molecule has 0 saturated carbocycles. The summed E-state index contributed by atoms with van der Waals surface area (Å²) in [7, 11) is 1.43. The Morgan fingerprint density at radius 1 is 1.04 bits per heavy atom. The van der Waals surface area contributed by atoms with Crippen molar-refractivity contribution < 1.29 is 9.53 Å². The summed E-state index contributed by atoms with van der Waals surface area (Å²) in [5.41, 5.74) is 5.28. The highest BCUT2D eigenvalue weighted by molar-refractivity contribution is 5.94. The van der Waals surface area contributed by atoms with E-state index in [9.17, 15) is 4.79 Å². The van der Waals surface area contributed by atoms with Gasteiger partial charge in [0, 0.05) is 11.6 Å². The van der Waals surface area contributed by atoms with Crippen LogP contribution >= 0.6 is 0 Å². The van der Waals surface area contributed by atoms with Gasteiger partial charge in [0.2, 0.25) is 0 Å². The van der Waals surface area contributed by atoms with Crippen LogP contribution in [0.2, 0.25) is 0 Å². The molecule has 1 aliphatic carbocycles. The van der Waals surface area contributed by atoms with Gasteiger partial charge in [-0.1, -0.05) is 60.7 Å². The third-order valence-corrected chi connectivity index (χ3v) is 6.36. The molecule has 0 radical (unpaired) electrons. The number of carbonyl (C=O) groups excluding carboxylic acids is 1. The van der Waals surface area contributed by atoms with E-state index in [2.05, 4.69) is 66.0 Å². The molecule has 0 saturated heterocycles. The van der Waals surface area contributed by atoms with E-state index in [1.54, 1.807) is 0 Å². The molecule has 3 aromatic rings. The summed E-state index contributed by atoms with van der Waals surface area (Å²) in [6, 6.07) is 19.3. The molecule has 5 rings (SSSR count). The summed E-state index contributed by atoms with van der Waals surface area (Å²) in [6.45, 7) is 2.01. The van der Waals surface area contributed by atoms with Gasteiger partial charge in [-0.15, -0.1) is 0 Å². The first-order chi connectivity index (χ1) is 13.7. The van der Waals surface area contributed by atoms with Crippen molar-refractivity contribution in [1.82, 2.24) is 0 Å². The van der Waals surface area contributed by atoms with Gasteiger partial charge in [-0.05, 0) is 52.8 Å². The van der Waals surface area contributed by atoms with Crippen LogP contribution in [0.25, 0.3) is 10.8 Å². The fraction of sp³-hybridized carbons (Fsp3) is 0.240. The summed E-state index contributed by atoms with van der Waals surface area (Å²) in [5, 5.41) is 6.37. The van der Waals surface area contributed by atoms with Crippen LogP contribution in [-0.4, -0.2) is 13.1 Å². The van der Waals surface area contributed by atoms with E-state index in [-0.39, 0.29) is 12.0 Å². The van der Waals surface area contributed by atoms with Crippen molar-refractivity contribution in [3.8, 4) is 0 Å². The minimum atomic E-state index is -0.284. The Labute approximate surface area is 165 Å². The fourth-order valence-electron chi connectivity index (χ4n) is 4.98. The lowest BCUT2D eigenvalue weighted by Crippen LogP contribution is -2.30. The summed E-state index contributed by atoms with van der Waals surface area (Å²) in [5.74, 6) is 0.556. The Bertz CT molecular complexity index is 1110. The topological polar surface area (TPSA) is 38.3 Å². The van der Waals surface area contributed by atoms with Gasteiger partial charge in [0.25, 0.3) is 0 Å². The molecule has 0 bridgehead atoms. The first-order valence-electron chi connectivity index (χ1n) is 9.81. The number of methoxy groups -OCH3 is 1. The van der Waals surface area contributed by atoms with Gasteiger partial charge >= 0.3 is 5.97 Å². The lowest BCUT2D eigenvalue weighted by atomic mass is 9.75. The summed E-state index contributed by atoms with van der Waals surface area (Å²) >= 11 is 0. The van der Waals surface area contributed by atoms with E-state index in [1.165, 1.54) is 29.0 Å². The normalized spacial score (nSPS) is 22.4. The molecule has 0 unspecified atom stereocenters. The molecular formula is C25H23NO2. The Hall–Kier alpha value is -3.07. The maximum absolute atomic E-state index is 12.2. The van der Waals surface area contributed by atoms with E-state index in [0.717, 1.165) is 17.7 Å². The predicted molar refractivity (Wildman–Crippen MR) is 113 cm³/mol. The number of hydrogen-bond acceptors (Lipinski definition) is 3. The number of hydrogen-bond donors (Lipinski definition) is 1. The largest absolute Gasteiger partial charge is 0.465 e. The van der Waals surface area contributed by atoms with Crippen LogP contribution in [0.15, 0.2) is 66.7 Å². The van der Waals surface area contributed by atoms with Crippen molar-refractivity contribution in [2.45, 2.75) is 25.3 Å². The summed E-state index contributed by atoms with van der Waals surface area (Å²) < 4.78 is 4.98. The number of fused-ring (bicyclic) bond motifs is 4. The van der Waals surface area contributed by atoms with Crippen LogP contribution in [0.5, 0.6) is 0 Å². The number of ether oxygens (including phenoxy) is 1. The highest BCUT2D eigenvalue weighted by Crippen LogP contribution is 2.51. The number of allylic oxidation sites excluding steroid dienone is 2. The van der Waals surface area contributed by atoms with E-state index in [0.29, 0.717) is 17.4 Å². The number of benzene rings is 3. The molecule has 2 aliphatic rings. The van der Waals surface area contributed by atoms with Crippen LogP contribution in [0, 0.1) is 12.8 Å². The quantitative estimate of drug-likeness (QED) is 0.461. The minimum Gasteiger partial charge on any atom is -0.465 e. The van der Waals surface area contributed by atoms with Gasteiger partial charge in [-0.3, -0.25) is 0 Å². The molecule has 1 N–H and O–H groups in total. The highest BCUT2D eigenvalue weighted by atomic mass is 16.5. The van der Waals surface area contributed by atoms with Crippen LogP contribution in [0.4, 0.5) is 5.69 Å². The van der Waals surface area contributed by atoms with Gasteiger partial charge in [0.15, 0.2) is 0 Å². The summed E-state index contributed by atoms with van der Waals surface area (Å²) in [4.78, 5) is 12.2. The van der Waals surface area contributed by atoms with Gasteiger partial charge in [-0.25, -0.2) is 4.79 Å². The number of anilines is 1. The molecule has 3 heteroatoms. The molecule has 0 spiro atoms. The van der Waals surface area contributed by atoms with Crippen molar-refractivity contribution in [2.24, 2.45) is 5.92 Å². The number of carbonyl (C=O) groups is 1. The van der Waals surface area contributed by atoms with Crippen LogP contribution < -0.4 is 5.32 Å². The Morgan fingerprint density at radius 3 is 2.71 bits per heavy atom. The van der Waals surface area contributed by atoms with E-state index in [4.69, 9.17) is 4.74 Å². The number of esters is 1. The molecule has 140 valence electrons. The SMILES string of the molecule is COC(=O)c1ccc2c(c1C)N[C@H](c1cccc3ccccc13)[C@H]1CC=C[C@@H]21. The second-order valence-electron chi connectivity index (χ2n) is 7.74. The smallest absolute Gasteiger partial charge is 0.338 e. The molecular weight excluding hydrogens is 346 g/mol. The molecule has 1 aliphatic heterocycles. The third-order valence-electron chi connectivity index (χ3n) is 6.36. The molecule has 3 nitrogen and oxygen atoms in total. The van der Waals surface area contributed by atoms with Gasteiger partial charge in [-0.2, -0.15) is 0 Å². The maximum Gasteiger partial charge on any atom is 0.338 e. The number of rotatable bonds is 2. The van der Waals surface area contributed by atoms with Crippen molar-refractivity contribution in [3.05, 3.63) is 89.0 Å². The third kappa shape index (κ3) is 2.46. The summed E-state index contributed by atoms with van der Waals surface area (Å²) in [6.07, 6.45) is 5.69. The van der Waals surface area contributed by atoms with Crippen molar-refractivity contribution >= 4 is 22.4 Å².